The Morgan fingerprint density at radius 2 is 2.23 bits per heavy atom. The number of aryl methyl sites for hydroxylation is 1. The molecule has 0 heterocycles. The van der Waals surface area contributed by atoms with Crippen molar-refractivity contribution in [3.63, 3.8) is 0 Å². The van der Waals surface area contributed by atoms with Crippen LogP contribution in [0.3, 0.4) is 0 Å². The van der Waals surface area contributed by atoms with Gasteiger partial charge in [-0.25, -0.2) is 0 Å². The number of methoxy groups -OCH3 is 1. The largest absolute Gasteiger partial charge is 0.504 e. The van der Waals surface area contributed by atoms with Crippen molar-refractivity contribution < 1.29 is 4.74 Å². The van der Waals surface area contributed by atoms with E-state index in [1.54, 1.807) is 19.4 Å². The van der Waals surface area contributed by atoms with E-state index in [0.29, 0.717) is 5.56 Å². The van der Waals surface area contributed by atoms with Crippen molar-refractivity contribution in [2.24, 2.45) is 0 Å². The molecule has 0 aromatic heterocycles. The maximum absolute atomic E-state index is 8.82. The SMILES string of the molecule is CO/C=C/c1ccc(C)cc1C#N. The maximum atomic E-state index is 8.82. The van der Waals surface area contributed by atoms with E-state index < -0.39 is 0 Å². The Kier molecular flexibility index (Phi) is 3.10. The van der Waals surface area contributed by atoms with Gasteiger partial charge >= 0.3 is 0 Å². The van der Waals surface area contributed by atoms with Crippen LogP contribution in [0, 0.1) is 18.3 Å². The molecule has 0 saturated carbocycles. The summed E-state index contributed by atoms with van der Waals surface area (Å²) in [6.45, 7) is 1.96. The Hall–Kier alpha value is -1.75. The van der Waals surface area contributed by atoms with E-state index in [-0.39, 0.29) is 0 Å². The molecule has 0 aliphatic heterocycles. The Morgan fingerprint density at radius 3 is 2.85 bits per heavy atom. The van der Waals surface area contributed by atoms with Crippen LogP contribution in [-0.2, 0) is 4.74 Å². The summed E-state index contributed by atoms with van der Waals surface area (Å²) in [6.07, 6.45) is 3.34. The summed E-state index contributed by atoms with van der Waals surface area (Å²) in [5, 5.41) is 8.82. The molecule has 0 spiro atoms. The van der Waals surface area contributed by atoms with Crippen molar-refractivity contribution in [2.75, 3.05) is 7.11 Å². The zero-order valence-corrected chi connectivity index (χ0v) is 7.74. The van der Waals surface area contributed by atoms with E-state index in [4.69, 9.17) is 10.00 Å². The van der Waals surface area contributed by atoms with Crippen LogP contribution in [0.2, 0.25) is 0 Å². The molecule has 0 unspecified atom stereocenters. The number of nitriles is 1. The van der Waals surface area contributed by atoms with Gasteiger partial charge in [0.05, 0.1) is 25.0 Å². The minimum absolute atomic E-state index is 0.674. The molecule has 0 radical (unpaired) electrons. The smallest absolute Gasteiger partial charge is 0.0998 e. The Morgan fingerprint density at radius 1 is 1.46 bits per heavy atom. The van der Waals surface area contributed by atoms with Gasteiger partial charge in [-0.15, -0.1) is 0 Å². The molecule has 0 bridgehead atoms. The molecule has 1 aromatic rings. The second-order valence-corrected chi connectivity index (χ2v) is 2.74. The number of hydrogen-bond acceptors (Lipinski definition) is 2. The minimum Gasteiger partial charge on any atom is -0.504 e. The summed E-state index contributed by atoms with van der Waals surface area (Å²) in [6, 6.07) is 7.87. The Labute approximate surface area is 78.1 Å². The standard InChI is InChI=1S/C11H11NO/c1-9-3-4-10(5-6-13-2)11(7-9)8-12/h3-7H,1-2H3/b6-5+. The number of rotatable bonds is 2. The quantitative estimate of drug-likeness (QED) is 0.644. The van der Waals surface area contributed by atoms with Crippen molar-refractivity contribution in [3.8, 4) is 6.07 Å². The highest BCUT2D eigenvalue weighted by atomic mass is 16.5. The summed E-state index contributed by atoms with van der Waals surface area (Å²) in [7, 11) is 1.58. The Balaban J connectivity index is 3.08. The fourth-order valence-corrected chi connectivity index (χ4v) is 1.05. The summed E-state index contributed by atoms with van der Waals surface area (Å²) in [5.41, 5.74) is 2.65. The average Bonchev–Trinajstić information content (AvgIpc) is 2.16. The van der Waals surface area contributed by atoms with Gasteiger partial charge in [-0.1, -0.05) is 12.1 Å². The van der Waals surface area contributed by atoms with Crippen LogP contribution in [0.4, 0.5) is 0 Å². The lowest BCUT2D eigenvalue weighted by atomic mass is 10.1. The molecule has 0 saturated heterocycles. The van der Waals surface area contributed by atoms with Crippen molar-refractivity contribution in [2.45, 2.75) is 6.92 Å². The molecule has 0 aliphatic rings. The molecule has 0 fully saturated rings. The molecular formula is C11H11NO. The van der Waals surface area contributed by atoms with Gasteiger partial charge in [0.2, 0.25) is 0 Å². The Bertz CT molecular complexity index is 361. The fourth-order valence-electron chi connectivity index (χ4n) is 1.05. The van der Waals surface area contributed by atoms with Crippen molar-refractivity contribution in [3.05, 3.63) is 41.2 Å². The van der Waals surface area contributed by atoms with Crippen molar-refractivity contribution in [1.82, 2.24) is 0 Å². The lowest BCUT2D eigenvalue weighted by Gasteiger charge is -1.98. The highest BCUT2D eigenvalue weighted by molar-refractivity contribution is 5.58. The molecule has 0 atom stereocenters. The summed E-state index contributed by atoms with van der Waals surface area (Å²) >= 11 is 0. The van der Waals surface area contributed by atoms with Gasteiger partial charge in [-0.2, -0.15) is 5.26 Å². The van der Waals surface area contributed by atoms with E-state index in [9.17, 15) is 0 Å². The second kappa shape index (κ2) is 4.32. The molecule has 0 aliphatic carbocycles. The first-order valence-electron chi connectivity index (χ1n) is 3.98. The van der Waals surface area contributed by atoms with Gasteiger partial charge in [-0.05, 0) is 30.2 Å². The minimum atomic E-state index is 0.674. The number of benzene rings is 1. The van der Waals surface area contributed by atoms with E-state index >= 15 is 0 Å². The molecule has 0 N–H and O–H groups in total. The van der Waals surface area contributed by atoms with Gasteiger partial charge < -0.3 is 4.74 Å². The first kappa shape index (κ1) is 9.34. The fraction of sp³-hybridized carbons (Fsp3) is 0.182. The third kappa shape index (κ3) is 2.34. The van der Waals surface area contributed by atoms with Crippen molar-refractivity contribution >= 4 is 6.08 Å². The lowest BCUT2D eigenvalue weighted by Crippen LogP contribution is -1.83. The monoisotopic (exact) mass is 173 g/mol. The normalized spacial score (nSPS) is 9.92. The highest BCUT2D eigenvalue weighted by Crippen LogP contribution is 2.12. The first-order chi connectivity index (χ1) is 6.27. The molecule has 66 valence electrons. The van der Waals surface area contributed by atoms with Crippen LogP contribution in [0.1, 0.15) is 16.7 Å². The second-order valence-electron chi connectivity index (χ2n) is 2.74. The zero-order chi connectivity index (χ0) is 9.68. The van der Waals surface area contributed by atoms with Gasteiger partial charge in [0, 0.05) is 0 Å². The van der Waals surface area contributed by atoms with Crippen LogP contribution in [0.25, 0.3) is 6.08 Å². The van der Waals surface area contributed by atoms with Gasteiger partial charge in [0.1, 0.15) is 0 Å². The zero-order valence-electron chi connectivity index (χ0n) is 7.74. The van der Waals surface area contributed by atoms with Crippen LogP contribution < -0.4 is 0 Å². The first-order valence-corrected chi connectivity index (χ1v) is 3.98. The number of nitrogens with zero attached hydrogens (tertiary/aromatic N) is 1. The van der Waals surface area contributed by atoms with Gasteiger partial charge in [0.15, 0.2) is 0 Å². The number of hydrogen-bond donors (Lipinski definition) is 0. The number of ether oxygens (including phenoxy) is 1. The average molecular weight is 173 g/mol. The molecule has 0 amide bonds. The molecule has 1 rings (SSSR count). The molecule has 1 aromatic carbocycles. The third-order valence-electron chi connectivity index (χ3n) is 1.71. The van der Waals surface area contributed by atoms with Gasteiger partial charge in [0.25, 0.3) is 0 Å². The summed E-state index contributed by atoms with van der Waals surface area (Å²) in [4.78, 5) is 0. The van der Waals surface area contributed by atoms with E-state index in [1.807, 2.05) is 25.1 Å². The lowest BCUT2D eigenvalue weighted by molar-refractivity contribution is 0.341. The summed E-state index contributed by atoms with van der Waals surface area (Å²) in [5.74, 6) is 0. The maximum Gasteiger partial charge on any atom is 0.0998 e. The van der Waals surface area contributed by atoms with E-state index in [2.05, 4.69) is 6.07 Å². The molecule has 2 heteroatoms. The predicted molar refractivity (Wildman–Crippen MR) is 51.9 cm³/mol. The molecular weight excluding hydrogens is 162 g/mol. The molecule has 2 nitrogen and oxygen atoms in total. The van der Waals surface area contributed by atoms with Crippen molar-refractivity contribution in [1.29, 1.82) is 5.26 Å². The van der Waals surface area contributed by atoms with E-state index in [1.165, 1.54) is 0 Å². The third-order valence-corrected chi connectivity index (χ3v) is 1.71. The highest BCUT2D eigenvalue weighted by Gasteiger charge is 1.97. The van der Waals surface area contributed by atoms with Crippen LogP contribution in [-0.4, -0.2) is 7.11 Å². The topological polar surface area (TPSA) is 33.0 Å². The van der Waals surface area contributed by atoms with E-state index in [0.717, 1.165) is 11.1 Å². The van der Waals surface area contributed by atoms with Crippen LogP contribution in [0.15, 0.2) is 24.5 Å². The molecule has 13 heavy (non-hydrogen) atoms. The predicted octanol–water partition coefficient (Wildman–Crippen LogP) is 2.48. The van der Waals surface area contributed by atoms with Crippen LogP contribution >= 0.6 is 0 Å². The summed E-state index contributed by atoms with van der Waals surface area (Å²) < 4.78 is 4.79. The van der Waals surface area contributed by atoms with Gasteiger partial charge in [-0.3, -0.25) is 0 Å². The van der Waals surface area contributed by atoms with Crippen LogP contribution in [0.5, 0.6) is 0 Å².